The van der Waals surface area contributed by atoms with Crippen molar-refractivity contribution < 1.29 is 4.79 Å². The Hall–Kier alpha value is -1.31. The Balaban J connectivity index is 2.19. The molecule has 1 aromatic carbocycles. The normalized spacial score (nSPS) is 16.2. The van der Waals surface area contributed by atoms with E-state index in [1.54, 1.807) is 0 Å². The minimum Gasteiger partial charge on any atom is -0.325 e. The standard InChI is InChI=1S/C16H23NO/c1-11(2)14-10-6-7-12(3)15(14)17-16(18)13-8-4-5-9-13/h6-7,10-11,13H,4-5,8-9H2,1-3H3,(H,17,18). The fourth-order valence-electron chi connectivity index (χ4n) is 2.76. The summed E-state index contributed by atoms with van der Waals surface area (Å²) in [7, 11) is 0. The summed E-state index contributed by atoms with van der Waals surface area (Å²) in [6.07, 6.45) is 4.50. The first-order valence-electron chi connectivity index (χ1n) is 7.00. The highest BCUT2D eigenvalue weighted by Crippen LogP contribution is 2.30. The van der Waals surface area contributed by atoms with Gasteiger partial charge in [0.1, 0.15) is 0 Å². The Kier molecular flexibility index (Phi) is 4.05. The highest BCUT2D eigenvalue weighted by atomic mass is 16.1. The Morgan fingerprint density at radius 2 is 1.94 bits per heavy atom. The van der Waals surface area contributed by atoms with E-state index in [1.807, 2.05) is 0 Å². The van der Waals surface area contributed by atoms with Gasteiger partial charge in [0.25, 0.3) is 0 Å². The molecule has 1 saturated carbocycles. The van der Waals surface area contributed by atoms with Crippen LogP contribution < -0.4 is 5.32 Å². The predicted octanol–water partition coefficient (Wildman–Crippen LogP) is 4.25. The van der Waals surface area contributed by atoms with Gasteiger partial charge in [-0.15, -0.1) is 0 Å². The molecule has 0 radical (unpaired) electrons. The smallest absolute Gasteiger partial charge is 0.227 e. The quantitative estimate of drug-likeness (QED) is 0.847. The molecule has 0 aliphatic heterocycles. The Morgan fingerprint density at radius 3 is 2.56 bits per heavy atom. The van der Waals surface area contributed by atoms with E-state index in [9.17, 15) is 4.79 Å². The van der Waals surface area contributed by atoms with Crippen LogP contribution in [0.15, 0.2) is 18.2 Å². The first kappa shape index (κ1) is 13.1. The van der Waals surface area contributed by atoms with Gasteiger partial charge in [-0.05, 0) is 36.8 Å². The number of rotatable bonds is 3. The maximum atomic E-state index is 12.2. The molecule has 0 aromatic heterocycles. The predicted molar refractivity (Wildman–Crippen MR) is 75.9 cm³/mol. The van der Waals surface area contributed by atoms with Crippen molar-refractivity contribution in [1.82, 2.24) is 0 Å². The molecule has 0 atom stereocenters. The van der Waals surface area contributed by atoms with Gasteiger partial charge in [0.05, 0.1) is 0 Å². The van der Waals surface area contributed by atoms with E-state index >= 15 is 0 Å². The molecule has 0 unspecified atom stereocenters. The number of aryl methyl sites for hydroxylation is 1. The van der Waals surface area contributed by atoms with Gasteiger partial charge in [0.15, 0.2) is 0 Å². The summed E-state index contributed by atoms with van der Waals surface area (Å²) in [5.41, 5.74) is 3.43. The highest BCUT2D eigenvalue weighted by Gasteiger charge is 2.23. The molecule has 1 N–H and O–H groups in total. The fourth-order valence-corrected chi connectivity index (χ4v) is 2.76. The number of hydrogen-bond acceptors (Lipinski definition) is 1. The maximum absolute atomic E-state index is 12.2. The number of amides is 1. The van der Waals surface area contributed by atoms with Gasteiger partial charge < -0.3 is 5.32 Å². The van der Waals surface area contributed by atoms with Crippen LogP contribution >= 0.6 is 0 Å². The third kappa shape index (κ3) is 2.74. The molecule has 2 rings (SSSR count). The van der Waals surface area contributed by atoms with E-state index < -0.39 is 0 Å². The summed E-state index contributed by atoms with van der Waals surface area (Å²) in [6.45, 7) is 6.40. The Bertz CT molecular complexity index is 431. The van der Waals surface area contributed by atoms with Crippen molar-refractivity contribution in [3.63, 3.8) is 0 Å². The molecule has 2 nitrogen and oxygen atoms in total. The zero-order valence-electron chi connectivity index (χ0n) is 11.6. The lowest BCUT2D eigenvalue weighted by molar-refractivity contribution is -0.119. The van der Waals surface area contributed by atoms with Gasteiger partial charge in [0, 0.05) is 11.6 Å². The van der Waals surface area contributed by atoms with E-state index in [0.717, 1.165) is 24.1 Å². The second-order valence-electron chi connectivity index (χ2n) is 5.66. The molecule has 1 aliphatic rings. The largest absolute Gasteiger partial charge is 0.325 e. The second-order valence-corrected chi connectivity index (χ2v) is 5.66. The molecule has 0 bridgehead atoms. The van der Waals surface area contributed by atoms with Crippen molar-refractivity contribution in [3.8, 4) is 0 Å². The highest BCUT2D eigenvalue weighted by molar-refractivity contribution is 5.94. The zero-order valence-corrected chi connectivity index (χ0v) is 11.6. The van der Waals surface area contributed by atoms with Gasteiger partial charge in [0.2, 0.25) is 5.91 Å². The molecule has 0 heterocycles. The van der Waals surface area contributed by atoms with E-state index in [2.05, 4.69) is 44.3 Å². The molecule has 1 fully saturated rings. The van der Waals surface area contributed by atoms with Crippen LogP contribution in [-0.4, -0.2) is 5.91 Å². The van der Waals surface area contributed by atoms with Crippen molar-refractivity contribution in [1.29, 1.82) is 0 Å². The van der Waals surface area contributed by atoms with Crippen LogP contribution in [0.25, 0.3) is 0 Å². The van der Waals surface area contributed by atoms with Gasteiger partial charge in [-0.1, -0.05) is 44.9 Å². The van der Waals surface area contributed by atoms with Crippen molar-refractivity contribution in [2.24, 2.45) is 5.92 Å². The monoisotopic (exact) mass is 245 g/mol. The second kappa shape index (κ2) is 5.55. The van der Waals surface area contributed by atoms with E-state index in [0.29, 0.717) is 5.92 Å². The molecule has 2 heteroatoms. The number of anilines is 1. The van der Waals surface area contributed by atoms with Crippen LogP contribution in [0.4, 0.5) is 5.69 Å². The molecule has 98 valence electrons. The maximum Gasteiger partial charge on any atom is 0.227 e. The molecule has 1 aliphatic carbocycles. The van der Waals surface area contributed by atoms with Crippen molar-refractivity contribution >= 4 is 11.6 Å². The fraction of sp³-hybridized carbons (Fsp3) is 0.562. The summed E-state index contributed by atoms with van der Waals surface area (Å²) in [5.74, 6) is 0.872. The minimum atomic E-state index is 0.212. The third-order valence-corrected chi connectivity index (χ3v) is 3.90. The average molecular weight is 245 g/mol. The number of carbonyl (C=O) groups is 1. The summed E-state index contributed by atoms with van der Waals surface area (Å²) in [6, 6.07) is 6.24. The van der Waals surface area contributed by atoms with E-state index in [-0.39, 0.29) is 11.8 Å². The van der Waals surface area contributed by atoms with Crippen molar-refractivity contribution in [3.05, 3.63) is 29.3 Å². The number of benzene rings is 1. The third-order valence-electron chi connectivity index (χ3n) is 3.90. The topological polar surface area (TPSA) is 29.1 Å². The number of hydrogen-bond donors (Lipinski definition) is 1. The number of carbonyl (C=O) groups excluding carboxylic acids is 1. The molecule has 18 heavy (non-hydrogen) atoms. The van der Waals surface area contributed by atoms with Crippen LogP contribution in [0.5, 0.6) is 0 Å². The Labute approximate surface area is 110 Å². The Morgan fingerprint density at radius 1 is 1.28 bits per heavy atom. The summed E-state index contributed by atoms with van der Waals surface area (Å²) < 4.78 is 0. The first-order chi connectivity index (χ1) is 8.59. The van der Waals surface area contributed by atoms with Gasteiger partial charge in [-0.3, -0.25) is 4.79 Å². The first-order valence-corrected chi connectivity index (χ1v) is 7.00. The summed E-state index contributed by atoms with van der Waals surface area (Å²) >= 11 is 0. The molecule has 1 aromatic rings. The summed E-state index contributed by atoms with van der Waals surface area (Å²) in [4.78, 5) is 12.2. The van der Waals surface area contributed by atoms with Gasteiger partial charge >= 0.3 is 0 Å². The lowest BCUT2D eigenvalue weighted by Gasteiger charge is -2.18. The van der Waals surface area contributed by atoms with Crippen LogP contribution in [0, 0.1) is 12.8 Å². The minimum absolute atomic E-state index is 0.212. The molecule has 0 saturated heterocycles. The van der Waals surface area contributed by atoms with Crippen LogP contribution in [0.3, 0.4) is 0 Å². The number of para-hydroxylation sites is 1. The van der Waals surface area contributed by atoms with Crippen LogP contribution in [0.2, 0.25) is 0 Å². The molecule has 1 amide bonds. The zero-order chi connectivity index (χ0) is 13.1. The van der Waals surface area contributed by atoms with Crippen LogP contribution in [-0.2, 0) is 4.79 Å². The van der Waals surface area contributed by atoms with Crippen LogP contribution in [0.1, 0.15) is 56.6 Å². The summed E-state index contributed by atoms with van der Waals surface area (Å²) in [5, 5.41) is 3.16. The molecular weight excluding hydrogens is 222 g/mol. The lowest BCUT2D eigenvalue weighted by Crippen LogP contribution is -2.21. The van der Waals surface area contributed by atoms with Gasteiger partial charge in [-0.2, -0.15) is 0 Å². The molecule has 0 spiro atoms. The average Bonchev–Trinajstić information content (AvgIpc) is 2.85. The number of nitrogens with one attached hydrogen (secondary N) is 1. The van der Waals surface area contributed by atoms with Crippen molar-refractivity contribution in [2.45, 2.75) is 52.4 Å². The van der Waals surface area contributed by atoms with E-state index in [1.165, 1.54) is 18.4 Å². The lowest BCUT2D eigenvalue weighted by atomic mass is 9.97. The van der Waals surface area contributed by atoms with Gasteiger partial charge in [-0.25, -0.2) is 0 Å². The van der Waals surface area contributed by atoms with E-state index in [4.69, 9.17) is 0 Å². The van der Waals surface area contributed by atoms with Crippen molar-refractivity contribution in [2.75, 3.05) is 5.32 Å². The SMILES string of the molecule is Cc1cccc(C(C)C)c1NC(=O)C1CCCC1. The molecular formula is C16H23NO.